The van der Waals surface area contributed by atoms with E-state index in [4.69, 9.17) is 9.47 Å². The molecule has 182 valence electrons. The lowest BCUT2D eigenvalue weighted by atomic mass is 9.95. The molecule has 0 bridgehead atoms. The molecule has 0 radical (unpaired) electrons. The van der Waals surface area contributed by atoms with Crippen molar-refractivity contribution < 1.29 is 19.1 Å². The van der Waals surface area contributed by atoms with Crippen LogP contribution in [-0.4, -0.2) is 58.0 Å². The van der Waals surface area contributed by atoms with Crippen molar-refractivity contribution in [2.45, 2.75) is 43.3 Å². The van der Waals surface area contributed by atoms with E-state index in [1.165, 1.54) is 35.9 Å². The van der Waals surface area contributed by atoms with Gasteiger partial charge in [-0.2, -0.15) is 0 Å². The van der Waals surface area contributed by atoms with E-state index in [9.17, 15) is 9.59 Å². The number of aromatic nitrogens is 3. The molecule has 3 aromatic rings. The summed E-state index contributed by atoms with van der Waals surface area (Å²) in [6, 6.07) is 13.1. The summed E-state index contributed by atoms with van der Waals surface area (Å²) in [7, 11) is 3.24. The number of amides is 2. The SMILES string of the molecule is COc1ccc(-c2nnc(SCCN3C(=O)c4ccccc4C3=O)n2C2CCCCC2)cc1OC. The summed E-state index contributed by atoms with van der Waals surface area (Å²) in [4.78, 5) is 26.7. The Morgan fingerprint density at radius 1 is 0.914 bits per heavy atom. The van der Waals surface area contributed by atoms with E-state index in [1.54, 1.807) is 38.5 Å². The smallest absolute Gasteiger partial charge is 0.261 e. The second-order valence-corrected chi connectivity index (χ2v) is 9.76. The molecule has 2 aliphatic rings. The van der Waals surface area contributed by atoms with Crippen LogP contribution in [0.25, 0.3) is 11.4 Å². The molecular weight excluding hydrogens is 464 g/mol. The van der Waals surface area contributed by atoms with E-state index < -0.39 is 0 Å². The van der Waals surface area contributed by atoms with Crippen LogP contribution in [0.1, 0.15) is 58.9 Å². The maximum Gasteiger partial charge on any atom is 0.261 e. The number of carbonyl (C=O) groups is 2. The standard InChI is InChI=1S/C26H28N4O4S/c1-33-21-13-12-17(16-22(21)34-2)23-27-28-26(30(23)18-8-4-3-5-9-18)35-15-14-29-24(31)19-10-6-7-11-20(19)25(29)32/h6-7,10-13,16,18H,3-5,8-9,14-15H2,1-2H3. The fraction of sp³-hybridized carbons (Fsp3) is 0.385. The molecule has 0 spiro atoms. The van der Waals surface area contributed by atoms with E-state index >= 15 is 0 Å². The quantitative estimate of drug-likeness (QED) is 0.328. The molecule has 9 heteroatoms. The Morgan fingerprint density at radius 2 is 1.60 bits per heavy atom. The van der Waals surface area contributed by atoms with Crippen molar-refractivity contribution in [3.8, 4) is 22.9 Å². The van der Waals surface area contributed by atoms with Crippen molar-refractivity contribution in [2.75, 3.05) is 26.5 Å². The molecule has 1 fully saturated rings. The van der Waals surface area contributed by atoms with Gasteiger partial charge in [-0.15, -0.1) is 10.2 Å². The highest BCUT2D eigenvalue weighted by atomic mass is 32.2. The van der Waals surface area contributed by atoms with Crippen LogP contribution in [-0.2, 0) is 0 Å². The molecule has 1 aromatic heterocycles. The fourth-order valence-corrected chi connectivity index (χ4v) is 5.82. The molecule has 2 amide bonds. The lowest BCUT2D eigenvalue weighted by molar-refractivity contribution is 0.0664. The number of hydrogen-bond acceptors (Lipinski definition) is 7. The molecule has 0 atom stereocenters. The van der Waals surface area contributed by atoms with Gasteiger partial charge in [0.15, 0.2) is 22.5 Å². The second-order valence-electron chi connectivity index (χ2n) is 8.69. The Labute approximate surface area is 208 Å². The number of benzene rings is 2. The van der Waals surface area contributed by atoms with Gasteiger partial charge in [0.25, 0.3) is 11.8 Å². The first-order chi connectivity index (χ1) is 17.1. The third-order valence-electron chi connectivity index (χ3n) is 6.67. The monoisotopic (exact) mass is 492 g/mol. The number of rotatable bonds is 8. The summed E-state index contributed by atoms with van der Waals surface area (Å²) in [5, 5.41) is 9.88. The minimum Gasteiger partial charge on any atom is -0.493 e. The highest BCUT2D eigenvalue weighted by Crippen LogP contribution is 2.38. The highest BCUT2D eigenvalue weighted by Gasteiger charge is 2.35. The van der Waals surface area contributed by atoms with Crippen LogP contribution < -0.4 is 9.47 Å². The van der Waals surface area contributed by atoms with Crippen LogP contribution in [0.5, 0.6) is 11.5 Å². The van der Waals surface area contributed by atoms with Gasteiger partial charge in [0.05, 0.1) is 25.3 Å². The van der Waals surface area contributed by atoms with Gasteiger partial charge in [-0.3, -0.25) is 19.1 Å². The van der Waals surface area contributed by atoms with Crippen molar-refractivity contribution in [3.63, 3.8) is 0 Å². The van der Waals surface area contributed by atoms with Crippen LogP contribution >= 0.6 is 11.8 Å². The number of methoxy groups -OCH3 is 2. The minimum atomic E-state index is -0.231. The van der Waals surface area contributed by atoms with Crippen molar-refractivity contribution in [2.24, 2.45) is 0 Å². The molecule has 1 aliphatic heterocycles. The molecule has 8 nitrogen and oxygen atoms in total. The molecule has 1 aliphatic carbocycles. The van der Waals surface area contributed by atoms with Gasteiger partial charge in [-0.05, 0) is 43.2 Å². The van der Waals surface area contributed by atoms with Crippen molar-refractivity contribution in [1.82, 2.24) is 19.7 Å². The lowest BCUT2D eigenvalue weighted by Crippen LogP contribution is -2.31. The second kappa shape index (κ2) is 10.1. The molecule has 5 rings (SSSR count). The summed E-state index contributed by atoms with van der Waals surface area (Å²) >= 11 is 1.53. The highest BCUT2D eigenvalue weighted by molar-refractivity contribution is 7.99. The zero-order chi connectivity index (χ0) is 24.4. The Kier molecular flexibility index (Phi) is 6.77. The summed E-state index contributed by atoms with van der Waals surface area (Å²) in [6.07, 6.45) is 5.74. The normalized spacial score (nSPS) is 16.0. The van der Waals surface area contributed by atoms with Crippen molar-refractivity contribution in [3.05, 3.63) is 53.6 Å². The van der Waals surface area contributed by atoms with Crippen molar-refractivity contribution >= 4 is 23.6 Å². The lowest BCUT2D eigenvalue weighted by Gasteiger charge is -2.26. The fourth-order valence-electron chi connectivity index (χ4n) is 4.89. The number of hydrogen-bond donors (Lipinski definition) is 0. The van der Waals surface area contributed by atoms with Gasteiger partial charge in [-0.1, -0.05) is 43.2 Å². The Balaban J connectivity index is 1.38. The number of thioether (sulfide) groups is 1. The number of fused-ring (bicyclic) bond motifs is 1. The molecule has 2 aromatic carbocycles. The molecule has 0 unspecified atom stereocenters. The third kappa shape index (κ3) is 4.40. The van der Waals surface area contributed by atoms with Gasteiger partial charge in [0.1, 0.15) is 0 Å². The van der Waals surface area contributed by atoms with Crippen LogP contribution in [0, 0.1) is 0 Å². The number of nitrogens with zero attached hydrogens (tertiary/aromatic N) is 4. The van der Waals surface area contributed by atoms with E-state index in [0.29, 0.717) is 41.0 Å². The molecular formula is C26H28N4O4S. The average molecular weight is 493 g/mol. The molecule has 0 N–H and O–H groups in total. The molecule has 35 heavy (non-hydrogen) atoms. The van der Waals surface area contributed by atoms with Crippen LogP contribution in [0.2, 0.25) is 0 Å². The van der Waals surface area contributed by atoms with Crippen LogP contribution in [0.3, 0.4) is 0 Å². The Morgan fingerprint density at radius 3 is 2.26 bits per heavy atom. The summed E-state index contributed by atoms with van der Waals surface area (Å²) in [6.45, 7) is 0.320. The molecule has 1 saturated carbocycles. The summed E-state index contributed by atoms with van der Waals surface area (Å²) in [5.74, 6) is 2.18. The first-order valence-electron chi connectivity index (χ1n) is 11.9. The van der Waals surface area contributed by atoms with E-state index in [0.717, 1.165) is 29.4 Å². The van der Waals surface area contributed by atoms with E-state index in [-0.39, 0.29) is 11.8 Å². The molecule has 0 saturated heterocycles. The first kappa shape index (κ1) is 23.4. The predicted octanol–water partition coefficient (Wildman–Crippen LogP) is 4.86. The van der Waals surface area contributed by atoms with E-state index in [1.807, 2.05) is 18.2 Å². The zero-order valence-electron chi connectivity index (χ0n) is 19.9. The Hall–Kier alpha value is -3.33. The number of carbonyl (C=O) groups excluding carboxylic acids is 2. The van der Waals surface area contributed by atoms with Gasteiger partial charge >= 0.3 is 0 Å². The first-order valence-corrected chi connectivity index (χ1v) is 12.9. The summed E-state index contributed by atoms with van der Waals surface area (Å²) < 4.78 is 13.1. The van der Waals surface area contributed by atoms with Crippen LogP contribution in [0.15, 0.2) is 47.6 Å². The zero-order valence-corrected chi connectivity index (χ0v) is 20.7. The number of ether oxygens (including phenoxy) is 2. The van der Waals surface area contributed by atoms with E-state index in [2.05, 4.69) is 14.8 Å². The topological polar surface area (TPSA) is 86.6 Å². The Bertz CT molecular complexity index is 1220. The summed E-state index contributed by atoms with van der Waals surface area (Å²) in [5.41, 5.74) is 1.86. The maximum atomic E-state index is 12.7. The van der Waals surface area contributed by atoms with Crippen molar-refractivity contribution in [1.29, 1.82) is 0 Å². The number of imide groups is 1. The average Bonchev–Trinajstić information content (AvgIpc) is 3.43. The van der Waals surface area contributed by atoms with Gasteiger partial charge < -0.3 is 9.47 Å². The predicted molar refractivity (Wildman–Crippen MR) is 133 cm³/mol. The third-order valence-corrected chi connectivity index (χ3v) is 7.59. The largest absolute Gasteiger partial charge is 0.493 e. The van der Waals surface area contributed by atoms with Gasteiger partial charge in [0.2, 0.25) is 0 Å². The maximum absolute atomic E-state index is 12.7. The van der Waals surface area contributed by atoms with Gasteiger partial charge in [0, 0.05) is 23.9 Å². The molecule has 2 heterocycles. The minimum absolute atomic E-state index is 0.231. The van der Waals surface area contributed by atoms with Crippen LogP contribution in [0.4, 0.5) is 0 Å². The van der Waals surface area contributed by atoms with Gasteiger partial charge in [-0.25, -0.2) is 0 Å².